The molecular formula is C14H36O3. The molecule has 0 unspecified atom stereocenters. The molecule has 0 radical (unpaired) electrons. The summed E-state index contributed by atoms with van der Waals surface area (Å²) in [6, 6.07) is 0. The third-order valence-electron chi connectivity index (χ3n) is 1.36. The van der Waals surface area contributed by atoms with Gasteiger partial charge in [0, 0.05) is 20.3 Å². The second kappa shape index (κ2) is 24.7. The Morgan fingerprint density at radius 2 is 1.41 bits per heavy atom. The zero-order valence-corrected chi connectivity index (χ0v) is 8.67. The average molecular weight is 252 g/mol. The maximum atomic E-state index is 5.28. The average Bonchev–Trinajstić information content (AvgIpc) is 2.09. The Morgan fingerprint density at radius 3 is 1.88 bits per heavy atom. The van der Waals surface area contributed by atoms with Gasteiger partial charge < -0.3 is 14.2 Å². The number of hydrogen-bond donors (Lipinski definition) is 0. The molecule has 0 bridgehead atoms. The zero-order valence-electron chi connectivity index (χ0n) is 8.67. The van der Waals surface area contributed by atoms with Gasteiger partial charge in [0.2, 0.25) is 0 Å². The number of methoxy groups -OCH3 is 1. The number of ether oxygens (including phenoxy) is 3. The molecule has 0 aromatic carbocycles. The van der Waals surface area contributed by atoms with E-state index in [-0.39, 0.29) is 29.7 Å². The minimum absolute atomic E-state index is 0. The van der Waals surface area contributed by atoms with E-state index in [0.717, 1.165) is 25.2 Å². The van der Waals surface area contributed by atoms with Crippen LogP contribution in [0.25, 0.3) is 0 Å². The summed E-state index contributed by atoms with van der Waals surface area (Å²) in [7, 11) is 1.69. The van der Waals surface area contributed by atoms with Gasteiger partial charge in [-0.05, 0) is 13.3 Å². The lowest BCUT2D eigenvalue weighted by molar-refractivity contribution is 0.0471. The van der Waals surface area contributed by atoms with Crippen molar-refractivity contribution in [3.05, 3.63) is 12.2 Å². The highest BCUT2D eigenvalue weighted by Gasteiger charge is 1.90. The lowest BCUT2D eigenvalue weighted by Crippen LogP contribution is -2.07. The molecular weight excluding hydrogens is 216 g/mol. The van der Waals surface area contributed by atoms with Crippen molar-refractivity contribution in [3.63, 3.8) is 0 Å². The van der Waals surface area contributed by atoms with Gasteiger partial charge >= 0.3 is 0 Å². The summed E-state index contributed by atoms with van der Waals surface area (Å²) in [6.45, 7) is 9.09. The Hall–Kier alpha value is -0.380. The van der Waals surface area contributed by atoms with E-state index in [1.807, 2.05) is 6.92 Å². The van der Waals surface area contributed by atoms with Crippen molar-refractivity contribution in [3.8, 4) is 0 Å². The van der Waals surface area contributed by atoms with Crippen molar-refractivity contribution >= 4 is 0 Å². The number of hydrogen-bond acceptors (Lipinski definition) is 3. The van der Waals surface area contributed by atoms with E-state index >= 15 is 0 Å². The van der Waals surface area contributed by atoms with Crippen LogP contribution in [0.2, 0.25) is 0 Å². The minimum atomic E-state index is 0. The lowest BCUT2D eigenvalue weighted by Gasteiger charge is -2.04. The zero-order chi connectivity index (χ0) is 9.94. The van der Waals surface area contributed by atoms with E-state index < -0.39 is 0 Å². The van der Waals surface area contributed by atoms with Gasteiger partial charge in [0.15, 0.2) is 0 Å². The Kier molecular flexibility index (Phi) is 43.7. The first-order valence-electron chi connectivity index (χ1n) is 4.56. The molecule has 0 spiro atoms. The molecule has 0 aromatic heterocycles. The highest BCUT2D eigenvalue weighted by Crippen LogP contribution is 1.89. The fourth-order valence-electron chi connectivity index (χ4n) is 0.772. The molecule has 17 heavy (non-hydrogen) atoms. The number of rotatable bonds is 9. The molecule has 0 heterocycles. The Labute approximate surface area is 110 Å². The molecule has 0 fully saturated rings. The van der Waals surface area contributed by atoms with Crippen LogP contribution in [0.15, 0.2) is 12.2 Å². The molecule has 0 amide bonds. The molecule has 3 nitrogen and oxygen atoms in total. The van der Waals surface area contributed by atoms with Gasteiger partial charge in [-0.2, -0.15) is 0 Å². The summed E-state index contributed by atoms with van der Waals surface area (Å²) in [5.74, 6) is 0. The Balaban J connectivity index is -0.000000120. The van der Waals surface area contributed by atoms with Gasteiger partial charge in [0.25, 0.3) is 0 Å². The van der Waals surface area contributed by atoms with Gasteiger partial charge in [-0.15, -0.1) is 0 Å². The summed E-state index contributed by atoms with van der Waals surface area (Å²) >= 11 is 0. The van der Waals surface area contributed by atoms with Crippen LogP contribution in [0, 0.1) is 0 Å². The molecule has 0 saturated heterocycles. The molecule has 3 heteroatoms. The van der Waals surface area contributed by atoms with Crippen LogP contribution >= 0.6 is 0 Å². The molecule has 0 aliphatic carbocycles. The molecule has 0 saturated carbocycles. The maximum absolute atomic E-state index is 5.28. The van der Waals surface area contributed by atoms with E-state index in [1.54, 1.807) is 7.11 Å². The molecule has 0 N–H and O–H groups in total. The predicted molar refractivity (Wildman–Crippen MR) is 79.9 cm³/mol. The van der Waals surface area contributed by atoms with Crippen LogP contribution in [-0.4, -0.2) is 40.1 Å². The molecule has 0 rings (SSSR count). The highest BCUT2D eigenvalue weighted by atomic mass is 16.5. The predicted octanol–water partition coefficient (Wildman–Crippen LogP) is 4.18. The largest absolute Gasteiger partial charge is 0.385 e. The van der Waals surface area contributed by atoms with Crippen molar-refractivity contribution in [2.24, 2.45) is 0 Å². The third kappa shape index (κ3) is 31.3. The molecule has 0 aromatic rings. The van der Waals surface area contributed by atoms with Crippen molar-refractivity contribution in [1.82, 2.24) is 0 Å². The molecule has 0 aliphatic rings. The Morgan fingerprint density at radius 1 is 0.882 bits per heavy atom. The van der Waals surface area contributed by atoms with Gasteiger partial charge in [-0.25, -0.2) is 0 Å². The van der Waals surface area contributed by atoms with Gasteiger partial charge in [0.05, 0.1) is 19.8 Å². The fourth-order valence-corrected chi connectivity index (χ4v) is 0.772. The van der Waals surface area contributed by atoms with E-state index in [2.05, 4.69) is 6.58 Å². The van der Waals surface area contributed by atoms with Crippen LogP contribution in [-0.2, 0) is 14.2 Å². The highest BCUT2D eigenvalue weighted by molar-refractivity contribution is 4.87. The van der Waals surface area contributed by atoms with Crippen LogP contribution in [0.4, 0.5) is 0 Å². The normalized spacial score (nSPS) is 7.88. The van der Waals surface area contributed by atoms with Crippen molar-refractivity contribution < 1.29 is 14.2 Å². The van der Waals surface area contributed by atoms with E-state index in [0.29, 0.717) is 19.8 Å². The summed E-state index contributed by atoms with van der Waals surface area (Å²) in [5, 5.41) is 0. The van der Waals surface area contributed by atoms with Crippen molar-refractivity contribution in [2.75, 3.05) is 40.1 Å². The van der Waals surface area contributed by atoms with Crippen molar-refractivity contribution in [2.45, 2.75) is 43.1 Å². The maximum Gasteiger partial charge on any atom is 0.0704 e. The van der Waals surface area contributed by atoms with Crippen molar-refractivity contribution in [1.29, 1.82) is 0 Å². The van der Waals surface area contributed by atoms with Gasteiger partial charge in [-0.1, -0.05) is 41.9 Å². The second-order valence-electron chi connectivity index (χ2n) is 2.97. The monoisotopic (exact) mass is 252 g/mol. The van der Waals surface area contributed by atoms with Crippen LogP contribution in [0.5, 0.6) is 0 Å². The van der Waals surface area contributed by atoms with Crippen LogP contribution in [0.1, 0.15) is 43.1 Å². The summed E-state index contributed by atoms with van der Waals surface area (Å²) < 4.78 is 15.4. The van der Waals surface area contributed by atoms with Crippen LogP contribution in [0.3, 0.4) is 0 Å². The van der Waals surface area contributed by atoms with Crippen LogP contribution < -0.4 is 0 Å². The SMILES string of the molecule is C.C.C.C.C=C(C)COCCOCCCOC. The first kappa shape index (κ1) is 30.0. The van der Waals surface area contributed by atoms with Gasteiger partial charge in [-0.3, -0.25) is 0 Å². The smallest absolute Gasteiger partial charge is 0.0704 e. The minimum Gasteiger partial charge on any atom is -0.385 e. The topological polar surface area (TPSA) is 27.7 Å². The fraction of sp³-hybridized carbons (Fsp3) is 0.857. The standard InChI is InChI=1S/C10H20O3.4CH4/c1-10(2)9-13-8-7-12-6-4-5-11-3;;;;/h1,4-9H2,2-3H3;4*1H4. The second-order valence-corrected chi connectivity index (χ2v) is 2.97. The first-order valence-corrected chi connectivity index (χ1v) is 4.56. The quantitative estimate of drug-likeness (QED) is 0.455. The summed E-state index contributed by atoms with van der Waals surface area (Å²) in [5.41, 5.74) is 1.04. The lowest BCUT2D eigenvalue weighted by atomic mass is 10.4. The molecule has 0 aliphatic heterocycles. The summed E-state index contributed by atoms with van der Waals surface area (Å²) in [4.78, 5) is 0. The first-order chi connectivity index (χ1) is 6.27. The summed E-state index contributed by atoms with van der Waals surface area (Å²) in [6.07, 6.45) is 0.941. The van der Waals surface area contributed by atoms with E-state index in [1.165, 1.54) is 0 Å². The van der Waals surface area contributed by atoms with E-state index in [4.69, 9.17) is 14.2 Å². The Bertz CT molecular complexity index is 125. The van der Waals surface area contributed by atoms with E-state index in [9.17, 15) is 0 Å². The molecule has 0 atom stereocenters. The van der Waals surface area contributed by atoms with Gasteiger partial charge in [0.1, 0.15) is 0 Å². The molecule has 110 valence electrons. The third-order valence-corrected chi connectivity index (χ3v) is 1.36.